The average Bonchev–Trinajstić information content (AvgIpc) is 2.50. The molecule has 1 aliphatic carbocycles. The van der Waals surface area contributed by atoms with Crippen LogP contribution in [0.4, 0.5) is 0 Å². The molecule has 0 heterocycles. The molecule has 1 aliphatic rings. The molecule has 0 saturated heterocycles. The van der Waals surface area contributed by atoms with Crippen molar-refractivity contribution in [1.82, 2.24) is 0 Å². The fraction of sp³-hybridized carbons (Fsp3) is 0.889. The van der Waals surface area contributed by atoms with Gasteiger partial charge in [-0.2, -0.15) is 4.89 Å². The molecule has 1 rings (SSSR count). The van der Waals surface area contributed by atoms with Crippen molar-refractivity contribution in [2.24, 2.45) is 11.3 Å². The number of unbranched alkanes of at least 4 members (excludes halogenated alkanes) is 3. The Bertz CT molecular complexity index is 364. The molecular formula is C18H32O5. The van der Waals surface area contributed by atoms with Gasteiger partial charge in [-0.1, -0.05) is 47.0 Å². The lowest BCUT2D eigenvalue weighted by Crippen LogP contribution is -2.32. The zero-order valence-corrected chi connectivity index (χ0v) is 15.1. The van der Waals surface area contributed by atoms with Crippen LogP contribution in [0.1, 0.15) is 79.1 Å². The molecule has 5 nitrogen and oxygen atoms in total. The summed E-state index contributed by atoms with van der Waals surface area (Å²) < 4.78 is 5.22. The molecule has 1 saturated carbocycles. The van der Waals surface area contributed by atoms with Gasteiger partial charge in [-0.3, -0.25) is 4.89 Å². The first-order valence-electron chi connectivity index (χ1n) is 8.89. The van der Waals surface area contributed by atoms with Gasteiger partial charge in [-0.15, -0.1) is 0 Å². The lowest BCUT2D eigenvalue weighted by molar-refractivity contribution is -0.273. The summed E-state index contributed by atoms with van der Waals surface area (Å²) in [5, 5.41) is 0. The van der Waals surface area contributed by atoms with E-state index in [1.54, 1.807) is 0 Å². The number of hydrogen-bond acceptors (Lipinski definition) is 5. The summed E-state index contributed by atoms with van der Waals surface area (Å²) in [7, 11) is 0. The summed E-state index contributed by atoms with van der Waals surface area (Å²) in [5.74, 6) is -1.37. The van der Waals surface area contributed by atoms with Crippen LogP contribution >= 0.6 is 0 Å². The third-order valence-electron chi connectivity index (χ3n) is 4.56. The average molecular weight is 328 g/mol. The number of hydrogen-bond donors (Lipinski definition) is 0. The molecule has 1 fully saturated rings. The van der Waals surface area contributed by atoms with E-state index in [0.29, 0.717) is 12.5 Å². The van der Waals surface area contributed by atoms with E-state index < -0.39 is 11.9 Å². The number of rotatable bonds is 7. The van der Waals surface area contributed by atoms with Crippen LogP contribution in [0.25, 0.3) is 0 Å². The maximum atomic E-state index is 11.7. The molecule has 134 valence electrons. The zero-order chi connectivity index (χ0) is 17.3. The van der Waals surface area contributed by atoms with Crippen molar-refractivity contribution >= 4 is 11.9 Å². The predicted octanol–water partition coefficient (Wildman–Crippen LogP) is 4.19. The van der Waals surface area contributed by atoms with Crippen LogP contribution in [0.15, 0.2) is 0 Å². The van der Waals surface area contributed by atoms with E-state index in [1.807, 2.05) is 0 Å². The quantitative estimate of drug-likeness (QED) is 0.230. The topological polar surface area (TPSA) is 61.8 Å². The third kappa shape index (κ3) is 7.82. The maximum absolute atomic E-state index is 11.7. The molecule has 0 aromatic rings. The lowest BCUT2D eigenvalue weighted by atomic mass is 9.72. The Kier molecular flexibility index (Phi) is 8.59. The van der Waals surface area contributed by atoms with Crippen LogP contribution in [0.5, 0.6) is 0 Å². The van der Waals surface area contributed by atoms with Gasteiger partial charge in [0.2, 0.25) is 0 Å². The minimum atomic E-state index is -1.06. The Morgan fingerprint density at radius 2 is 1.61 bits per heavy atom. The minimum Gasteiger partial charge on any atom is -0.454 e. The monoisotopic (exact) mass is 328 g/mol. The van der Waals surface area contributed by atoms with Gasteiger partial charge in [0.15, 0.2) is 0 Å². The van der Waals surface area contributed by atoms with Gasteiger partial charge in [0.25, 0.3) is 0 Å². The molecule has 0 amide bonds. The first kappa shape index (κ1) is 19.9. The summed E-state index contributed by atoms with van der Waals surface area (Å²) in [6, 6.07) is 0. The first-order valence-corrected chi connectivity index (χ1v) is 8.89. The van der Waals surface area contributed by atoms with Gasteiger partial charge < -0.3 is 4.74 Å². The van der Waals surface area contributed by atoms with E-state index >= 15 is 0 Å². The van der Waals surface area contributed by atoms with Gasteiger partial charge in [0.05, 0.1) is 6.61 Å². The second kappa shape index (κ2) is 9.91. The van der Waals surface area contributed by atoms with Crippen LogP contribution in [0.2, 0.25) is 0 Å². The molecule has 23 heavy (non-hydrogen) atoms. The van der Waals surface area contributed by atoms with Gasteiger partial charge >= 0.3 is 11.9 Å². The highest BCUT2D eigenvalue weighted by atomic mass is 17.2. The number of carbonyl (C=O) groups is 2. The Labute approximate surface area is 140 Å². The lowest BCUT2D eigenvalue weighted by Gasteiger charge is -2.36. The van der Waals surface area contributed by atoms with Crippen molar-refractivity contribution in [2.75, 3.05) is 6.61 Å². The molecule has 0 aromatic heterocycles. The first-order chi connectivity index (χ1) is 10.8. The molecule has 0 N–H and O–H groups in total. The molecule has 0 radical (unpaired) electrons. The number of carbonyl (C=O) groups excluding carboxylic acids is 2. The van der Waals surface area contributed by atoms with Crippen molar-refractivity contribution in [3.8, 4) is 0 Å². The minimum absolute atomic E-state index is 0.182. The summed E-state index contributed by atoms with van der Waals surface area (Å²) in [5.41, 5.74) is 0.277. The Hall–Kier alpha value is -1.10. The highest BCUT2D eigenvalue weighted by Gasteiger charge is 2.32. The molecule has 0 aliphatic heterocycles. The molecule has 0 atom stereocenters. The Morgan fingerprint density at radius 3 is 2.17 bits per heavy atom. The van der Waals surface area contributed by atoms with Gasteiger partial charge in [-0.05, 0) is 43.4 Å². The van der Waals surface area contributed by atoms with Crippen molar-refractivity contribution in [2.45, 2.75) is 85.2 Å². The normalized spacial score (nSPS) is 21.7. The van der Waals surface area contributed by atoms with Crippen molar-refractivity contribution < 1.29 is 24.1 Å². The standard InChI is InChI=1S/C18H32O5/c1-5-6-7-8-13-21-23-17(20)16(19)22-15-11-9-14(10-12-15)18(2,3)4/h14-15H,5-13H2,1-4H3. The van der Waals surface area contributed by atoms with E-state index in [0.717, 1.165) is 51.4 Å². The molecule has 0 spiro atoms. The Balaban J connectivity index is 2.17. The maximum Gasteiger partial charge on any atom is 0.449 e. The predicted molar refractivity (Wildman–Crippen MR) is 87.5 cm³/mol. The second-order valence-corrected chi connectivity index (χ2v) is 7.50. The highest BCUT2D eigenvalue weighted by molar-refractivity contribution is 6.29. The molecule has 0 unspecified atom stereocenters. The van der Waals surface area contributed by atoms with Crippen molar-refractivity contribution in [3.63, 3.8) is 0 Å². The summed E-state index contributed by atoms with van der Waals surface area (Å²) in [6.45, 7) is 9.14. The van der Waals surface area contributed by atoms with Crippen LogP contribution in [0.3, 0.4) is 0 Å². The highest BCUT2D eigenvalue weighted by Crippen LogP contribution is 2.38. The molecule has 5 heteroatoms. The Morgan fingerprint density at radius 1 is 0.957 bits per heavy atom. The van der Waals surface area contributed by atoms with E-state index in [2.05, 4.69) is 32.6 Å². The fourth-order valence-corrected chi connectivity index (χ4v) is 2.96. The van der Waals surface area contributed by atoms with E-state index in [-0.39, 0.29) is 11.5 Å². The van der Waals surface area contributed by atoms with E-state index in [4.69, 9.17) is 9.62 Å². The van der Waals surface area contributed by atoms with Crippen LogP contribution in [-0.2, 0) is 24.1 Å². The van der Waals surface area contributed by atoms with Crippen LogP contribution < -0.4 is 0 Å². The number of esters is 1. The second-order valence-electron chi connectivity index (χ2n) is 7.50. The van der Waals surface area contributed by atoms with Gasteiger partial charge in [-0.25, -0.2) is 9.59 Å². The molecular weight excluding hydrogens is 296 g/mol. The summed E-state index contributed by atoms with van der Waals surface area (Å²) >= 11 is 0. The van der Waals surface area contributed by atoms with E-state index in [1.165, 1.54) is 0 Å². The van der Waals surface area contributed by atoms with Crippen LogP contribution in [0, 0.1) is 11.3 Å². The molecule has 0 aromatic carbocycles. The van der Waals surface area contributed by atoms with E-state index in [9.17, 15) is 9.59 Å². The largest absolute Gasteiger partial charge is 0.454 e. The summed E-state index contributed by atoms with van der Waals surface area (Å²) in [4.78, 5) is 32.4. The third-order valence-corrected chi connectivity index (χ3v) is 4.56. The fourth-order valence-electron chi connectivity index (χ4n) is 2.96. The SMILES string of the molecule is CCCCCCOOC(=O)C(=O)OC1CCC(C(C)(C)C)CC1. The van der Waals surface area contributed by atoms with Gasteiger partial charge in [0, 0.05) is 0 Å². The molecule has 0 bridgehead atoms. The summed E-state index contributed by atoms with van der Waals surface area (Å²) in [6.07, 6.45) is 7.55. The van der Waals surface area contributed by atoms with Crippen LogP contribution in [-0.4, -0.2) is 24.6 Å². The van der Waals surface area contributed by atoms with Crippen molar-refractivity contribution in [1.29, 1.82) is 0 Å². The smallest absolute Gasteiger partial charge is 0.449 e. The van der Waals surface area contributed by atoms with Gasteiger partial charge in [0.1, 0.15) is 6.10 Å². The number of ether oxygens (including phenoxy) is 1. The van der Waals surface area contributed by atoms with Crippen molar-refractivity contribution in [3.05, 3.63) is 0 Å². The zero-order valence-electron chi connectivity index (χ0n) is 15.1.